The summed E-state index contributed by atoms with van der Waals surface area (Å²) < 4.78 is 6.92. The van der Waals surface area contributed by atoms with Crippen molar-refractivity contribution >= 4 is 23.4 Å². The maximum atomic E-state index is 12.2. The molecular weight excluding hydrogens is 338 g/mol. The van der Waals surface area contributed by atoms with Crippen LogP contribution < -0.4 is 5.32 Å². The van der Waals surface area contributed by atoms with Crippen LogP contribution in [0.15, 0.2) is 46.2 Å². The van der Waals surface area contributed by atoms with Gasteiger partial charge in [0, 0.05) is 5.69 Å². The van der Waals surface area contributed by atoms with E-state index in [1.165, 1.54) is 29.3 Å². The van der Waals surface area contributed by atoms with Crippen LogP contribution in [0.3, 0.4) is 0 Å². The molecule has 7 nitrogen and oxygen atoms in total. The number of hydrogen-bond acceptors (Lipinski definition) is 6. The fourth-order valence-electron chi connectivity index (χ4n) is 2.93. The predicted molar refractivity (Wildman–Crippen MR) is 93.4 cm³/mol. The van der Waals surface area contributed by atoms with Crippen molar-refractivity contribution in [3.63, 3.8) is 0 Å². The van der Waals surface area contributed by atoms with Gasteiger partial charge in [0.05, 0.1) is 12.0 Å². The molecule has 2 aromatic heterocycles. The van der Waals surface area contributed by atoms with Crippen LogP contribution in [-0.4, -0.2) is 31.9 Å². The van der Waals surface area contributed by atoms with Gasteiger partial charge >= 0.3 is 0 Å². The lowest BCUT2D eigenvalue weighted by atomic mass is 10.1. The molecule has 0 bridgehead atoms. The Bertz CT molecular complexity index is 875. The number of thioether (sulfide) groups is 1. The first-order valence-corrected chi connectivity index (χ1v) is 9.09. The van der Waals surface area contributed by atoms with Crippen molar-refractivity contribution in [3.8, 4) is 0 Å². The number of nitrogens with zero attached hydrogens (tertiary/aromatic N) is 4. The molecule has 0 saturated carbocycles. The molecule has 8 heteroatoms. The van der Waals surface area contributed by atoms with E-state index in [9.17, 15) is 4.79 Å². The summed E-state index contributed by atoms with van der Waals surface area (Å²) in [5, 5.41) is 15.1. The normalized spacial score (nSPS) is 13.0. The summed E-state index contributed by atoms with van der Waals surface area (Å²) in [5.74, 6) is 0.933. The number of carbonyl (C=O) groups is 1. The SMILES string of the molecule is O=C(CSc1nnnn1Cc1ccco1)Nc1ccc2c(c1)CCC2. The van der Waals surface area contributed by atoms with Crippen LogP contribution in [0.5, 0.6) is 0 Å². The van der Waals surface area contributed by atoms with Gasteiger partial charge in [-0.25, -0.2) is 4.68 Å². The summed E-state index contributed by atoms with van der Waals surface area (Å²) in [5.41, 5.74) is 3.58. The van der Waals surface area contributed by atoms with Crippen molar-refractivity contribution in [2.45, 2.75) is 31.0 Å². The Balaban J connectivity index is 1.34. The molecule has 1 amide bonds. The van der Waals surface area contributed by atoms with Gasteiger partial charge in [-0.1, -0.05) is 17.8 Å². The van der Waals surface area contributed by atoms with Gasteiger partial charge in [0.15, 0.2) is 0 Å². The van der Waals surface area contributed by atoms with E-state index in [-0.39, 0.29) is 11.7 Å². The average Bonchev–Trinajstić information content (AvgIpc) is 3.35. The van der Waals surface area contributed by atoms with E-state index in [0.29, 0.717) is 11.7 Å². The number of aromatic nitrogens is 4. The fraction of sp³-hybridized carbons (Fsp3) is 0.294. The largest absolute Gasteiger partial charge is 0.467 e. The van der Waals surface area contributed by atoms with Gasteiger partial charge in [0.2, 0.25) is 11.1 Å². The van der Waals surface area contributed by atoms with Crippen molar-refractivity contribution in [2.75, 3.05) is 11.1 Å². The number of furan rings is 1. The van der Waals surface area contributed by atoms with Crippen LogP contribution in [0.4, 0.5) is 5.69 Å². The van der Waals surface area contributed by atoms with Gasteiger partial charge in [0.25, 0.3) is 0 Å². The lowest BCUT2D eigenvalue weighted by Crippen LogP contribution is -2.15. The van der Waals surface area contributed by atoms with E-state index >= 15 is 0 Å². The summed E-state index contributed by atoms with van der Waals surface area (Å²) >= 11 is 1.30. The van der Waals surface area contributed by atoms with Crippen LogP contribution >= 0.6 is 11.8 Å². The van der Waals surface area contributed by atoms with E-state index in [1.54, 1.807) is 10.9 Å². The van der Waals surface area contributed by atoms with Crippen LogP contribution in [0, 0.1) is 0 Å². The van der Waals surface area contributed by atoms with E-state index < -0.39 is 0 Å². The van der Waals surface area contributed by atoms with Crippen molar-refractivity contribution in [3.05, 3.63) is 53.5 Å². The van der Waals surface area contributed by atoms with Gasteiger partial charge in [-0.05, 0) is 65.1 Å². The number of hydrogen-bond donors (Lipinski definition) is 1. The van der Waals surface area contributed by atoms with Crippen molar-refractivity contribution in [2.24, 2.45) is 0 Å². The van der Waals surface area contributed by atoms with E-state index in [2.05, 4.69) is 33.0 Å². The monoisotopic (exact) mass is 355 g/mol. The van der Waals surface area contributed by atoms with Crippen LogP contribution in [-0.2, 0) is 24.2 Å². The molecule has 0 saturated heterocycles. The maximum Gasteiger partial charge on any atom is 0.234 e. The van der Waals surface area contributed by atoms with E-state index in [0.717, 1.165) is 24.3 Å². The molecule has 1 aliphatic carbocycles. The first kappa shape index (κ1) is 15.9. The summed E-state index contributed by atoms with van der Waals surface area (Å²) in [7, 11) is 0. The smallest absolute Gasteiger partial charge is 0.234 e. The number of tetrazole rings is 1. The number of rotatable bonds is 6. The molecule has 2 heterocycles. The minimum atomic E-state index is -0.0736. The number of aryl methyl sites for hydroxylation is 2. The summed E-state index contributed by atoms with van der Waals surface area (Å²) in [6, 6.07) is 9.82. The predicted octanol–water partition coefficient (Wildman–Crippen LogP) is 2.53. The Kier molecular flexibility index (Phi) is 4.51. The fourth-order valence-corrected chi connectivity index (χ4v) is 3.60. The Morgan fingerprint density at radius 3 is 3.08 bits per heavy atom. The van der Waals surface area contributed by atoms with Gasteiger partial charge in [0.1, 0.15) is 12.3 Å². The molecule has 0 radical (unpaired) electrons. The van der Waals surface area contributed by atoms with Gasteiger partial charge < -0.3 is 9.73 Å². The van der Waals surface area contributed by atoms with Crippen molar-refractivity contribution in [1.29, 1.82) is 0 Å². The topological polar surface area (TPSA) is 85.8 Å². The molecule has 1 aromatic carbocycles. The molecule has 1 aliphatic rings. The van der Waals surface area contributed by atoms with E-state index in [1.807, 2.05) is 18.2 Å². The van der Waals surface area contributed by atoms with Gasteiger partial charge in [-0.2, -0.15) is 0 Å². The number of benzene rings is 1. The summed E-state index contributed by atoms with van der Waals surface area (Å²) in [6.07, 6.45) is 5.03. The van der Waals surface area contributed by atoms with Crippen LogP contribution in [0.25, 0.3) is 0 Å². The number of fused-ring (bicyclic) bond motifs is 1. The highest BCUT2D eigenvalue weighted by Gasteiger charge is 2.14. The summed E-state index contributed by atoms with van der Waals surface area (Å²) in [4.78, 5) is 12.2. The Hall–Kier alpha value is -2.61. The molecule has 1 N–H and O–H groups in total. The standard InChI is InChI=1S/C17H17N5O2S/c23-16(18-14-7-6-12-3-1-4-13(12)9-14)11-25-17-19-20-21-22(17)10-15-5-2-8-24-15/h2,5-9H,1,3-4,10-11H2,(H,18,23). The lowest BCUT2D eigenvalue weighted by Gasteiger charge is -2.07. The minimum absolute atomic E-state index is 0.0736. The second-order valence-corrected chi connectivity index (χ2v) is 6.81. The molecule has 128 valence electrons. The highest BCUT2D eigenvalue weighted by atomic mass is 32.2. The zero-order valence-electron chi connectivity index (χ0n) is 13.5. The molecule has 0 atom stereocenters. The summed E-state index contributed by atoms with van der Waals surface area (Å²) in [6.45, 7) is 0.439. The Labute approximate surface area is 148 Å². The second-order valence-electron chi connectivity index (χ2n) is 5.87. The first-order chi connectivity index (χ1) is 12.3. The lowest BCUT2D eigenvalue weighted by molar-refractivity contribution is -0.113. The number of carbonyl (C=O) groups excluding carboxylic acids is 1. The van der Waals surface area contributed by atoms with E-state index in [4.69, 9.17) is 4.42 Å². The average molecular weight is 355 g/mol. The van der Waals surface area contributed by atoms with Gasteiger partial charge in [-0.15, -0.1) is 5.10 Å². The molecule has 0 unspecified atom stereocenters. The second kappa shape index (κ2) is 7.10. The number of nitrogens with one attached hydrogen (secondary N) is 1. The molecule has 3 aromatic rings. The number of amides is 1. The van der Waals surface area contributed by atoms with Crippen LogP contribution in [0.2, 0.25) is 0 Å². The third-order valence-electron chi connectivity index (χ3n) is 4.10. The third-order valence-corrected chi connectivity index (χ3v) is 5.06. The zero-order valence-corrected chi connectivity index (χ0v) is 14.3. The Morgan fingerprint density at radius 2 is 2.20 bits per heavy atom. The molecule has 0 spiro atoms. The molecule has 25 heavy (non-hydrogen) atoms. The highest BCUT2D eigenvalue weighted by molar-refractivity contribution is 7.99. The quantitative estimate of drug-likeness (QED) is 0.684. The maximum absolute atomic E-state index is 12.2. The minimum Gasteiger partial charge on any atom is -0.467 e. The molecule has 0 aliphatic heterocycles. The third kappa shape index (κ3) is 3.74. The number of anilines is 1. The van der Waals surface area contributed by atoms with Crippen LogP contribution in [0.1, 0.15) is 23.3 Å². The first-order valence-electron chi connectivity index (χ1n) is 8.11. The highest BCUT2D eigenvalue weighted by Crippen LogP contribution is 2.25. The zero-order chi connectivity index (χ0) is 17.1. The van der Waals surface area contributed by atoms with Crippen molar-refractivity contribution in [1.82, 2.24) is 20.2 Å². The molecule has 0 fully saturated rings. The van der Waals surface area contributed by atoms with Gasteiger partial charge in [-0.3, -0.25) is 4.79 Å². The van der Waals surface area contributed by atoms with Crippen molar-refractivity contribution < 1.29 is 9.21 Å². The Morgan fingerprint density at radius 1 is 1.28 bits per heavy atom. The molecular formula is C17H17N5O2S. The molecule has 4 rings (SSSR count).